The normalized spacial score (nSPS) is 14.0. The molecule has 1 amide bonds. The lowest BCUT2D eigenvalue weighted by atomic mass is 9.93. The minimum Gasteiger partial charge on any atom is -0.482 e. The summed E-state index contributed by atoms with van der Waals surface area (Å²) in [6, 6.07) is 9.60. The zero-order valence-corrected chi connectivity index (χ0v) is 19.9. The Hall–Kier alpha value is -2.84. The van der Waals surface area contributed by atoms with Crippen LogP contribution in [0.4, 0.5) is 15.8 Å². The molecular weight excluding hydrogens is 463 g/mol. The largest absolute Gasteiger partial charge is 0.482 e. The number of carboxylic acids is 1. The second kappa shape index (κ2) is 12.6. The number of rotatable bonds is 11. The maximum Gasteiger partial charge on any atom is 0.341 e. The summed E-state index contributed by atoms with van der Waals surface area (Å²) in [7, 11) is 1.64. The lowest BCUT2D eigenvalue weighted by Crippen LogP contribution is -2.39. The number of hydrogen-bond acceptors (Lipinski definition) is 5. The summed E-state index contributed by atoms with van der Waals surface area (Å²) < 4.78 is 24.9. The second-order valence-electron chi connectivity index (χ2n) is 8.30. The van der Waals surface area contributed by atoms with Gasteiger partial charge < -0.3 is 24.8 Å². The fraction of sp³-hybridized carbons (Fsp3) is 0.440. The van der Waals surface area contributed by atoms with E-state index in [2.05, 4.69) is 10.2 Å². The molecule has 9 heteroatoms. The number of carboxylic acid groups (broad SMARTS) is 1. The van der Waals surface area contributed by atoms with Gasteiger partial charge in [-0.1, -0.05) is 36.9 Å². The molecule has 0 saturated heterocycles. The number of hydrogen-bond donors (Lipinski definition) is 2. The Bertz CT molecular complexity index is 997. The Morgan fingerprint density at radius 3 is 2.62 bits per heavy atom. The van der Waals surface area contributed by atoms with E-state index in [9.17, 15) is 14.0 Å². The molecule has 184 valence electrons. The number of aliphatic carboxylic acids is 1. The Balaban J connectivity index is 1.89. The van der Waals surface area contributed by atoms with Crippen LogP contribution < -0.4 is 15.0 Å². The van der Waals surface area contributed by atoms with Crippen LogP contribution in [0.2, 0.25) is 5.02 Å². The summed E-state index contributed by atoms with van der Waals surface area (Å²) in [5, 5.41) is 12.1. The number of carbonyl (C=O) groups is 2. The molecule has 0 aliphatic heterocycles. The van der Waals surface area contributed by atoms with Crippen LogP contribution in [0.3, 0.4) is 0 Å². The van der Waals surface area contributed by atoms with E-state index in [1.165, 1.54) is 24.6 Å². The fourth-order valence-electron chi connectivity index (χ4n) is 4.22. The number of carbonyl (C=O) groups excluding carboxylic acids is 1. The summed E-state index contributed by atoms with van der Waals surface area (Å²) in [6.45, 7) is 0.640. The quantitative estimate of drug-likeness (QED) is 0.463. The SMILES string of the molecule is COCCN(c1ccc(OCC(=O)O)cc1NC(=O)Cc1ccc(Cl)cc1F)C1CCCCC1. The van der Waals surface area contributed by atoms with Crippen molar-refractivity contribution in [1.29, 1.82) is 0 Å². The second-order valence-corrected chi connectivity index (χ2v) is 8.74. The molecule has 0 spiro atoms. The number of ether oxygens (including phenoxy) is 2. The first kappa shape index (κ1) is 25.8. The number of benzene rings is 2. The van der Waals surface area contributed by atoms with Gasteiger partial charge in [-0.15, -0.1) is 0 Å². The summed E-state index contributed by atoms with van der Waals surface area (Å²) in [6.07, 6.45) is 5.35. The first-order chi connectivity index (χ1) is 16.4. The van der Waals surface area contributed by atoms with Crippen molar-refractivity contribution in [3.05, 3.63) is 52.8 Å². The molecule has 34 heavy (non-hydrogen) atoms. The maximum atomic E-state index is 14.2. The number of nitrogens with one attached hydrogen (secondary N) is 1. The number of nitrogens with zero attached hydrogens (tertiary/aromatic N) is 1. The van der Waals surface area contributed by atoms with Crippen molar-refractivity contribution >= 4 is 34.9 Å². The average Bonchev–Trinajstić information content (AvgIpc) is 2.81. The van der Waals surface area contributed by atoms with E-state index in [1.54, 1.807) is 19.2 Å². The molecule has 0 bridgehead atoms. The van der Waals surface area contributed by atoms with Crippen LogP contribution in [0.1, 0.15) is 37.7 Å². The van der Waals surface area contributed by atoms with Gasteiger partial charge in [0.2, 0.25) is 5.91 Å². The molecule has 1 aliphatic rings. The van der Waals surface area contributed by atoms with Gasteiger partial charge in [-0.25, -0.2) is 9.18 Å². The van der Waals surface area contributed by atoms with Gasteiger partial charge in [0.15, 0.2) is 6.61 Å². The fourth-order valence-corrected chi connectivity index (χ4v) is 4.37. The number of methoxy groups -OCH3 is 1. The predicted octanol–water partition coefficient (Wildman–Crippen LogP) is 4.91. The summed E-state index contributed by atoms with van der Waals surface area (Å²) in [4.78, 5) is 26.0. The lowest BCUT2D eigenvalue weighted by Gasteiger charge is -2.37. The lowest BCUT2D eigenvalue weighted by molar-refractivity contribution is -0.139. The molecule has 0 radical (unpaired) electrons. The highest BCUT2D eigenvalue weighted by molar-refractivity contribution is 6.30. The molecule has 1 aliphatic carbocycles. The third-order valence-electron chi connectivity index (χ3n) is 5.83. The van der Waals surface area contributed by atoms with Crippen molar-refractivity contribution in [3.63, 3.8) is 0 Å². The molecule has 2 N–H and O–H groups in total. The van der Waals surface area contributed by atoms with Crippen molar-refractivity contribution in [2.75, 3.05) is 37.1 Å². The van der Waals surface area contributed by atoms with Crippen LogP contribution in [-0.2, 0) is 20.7 Å². The molecule has 2 aromatic carbocycles. The number of anilines is 2. The van der Waals surface area contributed by atoms with Crippen molar-refractivity contribution in [2.45, 2.75) is 44.6 Å². The van der Waals surface area contributed by atoms with Crippen molar-refractivity contribution < 1.29 is 28.6 Å². The summed E-state index contributed by atoms with van der Waals surface area (Å²) in [5.74, 6) is -1.75. The number of halogens is 2. The smallest absolute Gasteiger partial charge is 0.341 e. The van der Waals surface area contributed by atoms with Crippen molar-refractivity contribution in [1.82, 2.24) is 0 Å². The third-order valence-corrected chi connectivity index (χ3v) is 6.07. The molecular formula is C25H30ClFN2O5. The highest BCUT2D eigenvalue weighted by Crippen LogP contribution is 2.35. The van der Waals surface area contributed by atoms with E-state index >= 15 is 0 Å². The first-order valence-corrected chi connectivity index (χ1v) is 11.7. The minimum absolute atomic E-state index is 0.176. The Morgan fingerprint density at radius 1 is 1.18 bits per heavy atom. The Morgan fingerprint density at radius 2 is 1.94 bits per heavy atom. The third kappa shape index (κ3) is 7.33. The van der Waals surface area contributed by atoms with Gasteiger partial charge in [-0.2, -0.15) is 0 Å². The zero-order chi connectivity index (χ0) is 24.5. The zero-order valence-electron chi connectivity index (χ0n) is 19.2. The van der Waals surface area contributed by atoms with Gasteiger partial charge >= 0.3 is 5.97 Å². The van der Waals surface area contributed by atoms with Gasteiger partial charge in [-0.3, -0.25) is 4.79 Å². The molecule has 0 heterocycles. The van der Waals surface area contributed by atoms with E-state index < -0.39 is 24.3 Å². The van der Waals surface area contributed by atoms with Gasteiger partial charge in [-0.05, 0) is 42.7 Å². The molecule has 1 saturated carbocycles. The Labute approximate surface area is 203 Å². The highest BCUT2D eigenvalue weighted by atomic mass is 35.5. The van der Waals surface area contributed by atoms with Crippen LogP contribution in [0.5, 0.6) is 5.75 Å². The van der Waals surface area contributed by atoms with Crippen LogP contribution in [0.25, 0.3) is 0 Å². The van der Waals surface area contributed by atoms with Gasteiger partial charge in [0.25, 0.3) is 0 Å². The summed E-state index contributed by atoms with van der Waals surface area (Å²) in [5.41, 5.74) is 1.49. The molecule has 2 aromatic rings. The molecule has 3 rings (SSSR count). The molecule has 1 fully saturated rings. The first-order valence-electron chi connectivity index (χ1n) is 11.4. The van der Waals surface area contributed by atoms with E-state index in [-0.39, 0.29) is 17.0 Å². The van der Waals surface area contributed by atoms with E-state index in [4.69, 9.17) is 26.2 Å². The maximum absolute atomic E-state index is 14.2. The average molecular weight is 493 g/mol. The van der Waals surface area contributed by atoms with Crippen LogP contribution in [0.15, 0.2) is 36.4 Å². The highest BCUT2D eigenvalue weighted by Gasteiger charge is 2.24. The standard InChI is InChI=1S/C25H30ClFN2O5/c1-33-12-11-29(19-5-3-2-4-6-19)23-10-9-20(34-16-25(31)32)15-22(23)28-24(30)13-17-7-8-18(26)14-21(17)27/h7-10,14-15,19H,2-6,11-13,16H2,1H3,(H,28,30)(H,31,32). The van der Waals surface area contributed by atoms with E-state index in [0.717, 1.165) is 31.4 Å². The van der Waals surface area contributed by atoms with Gasteiger partial charge in [0, 0.05) is 30.8 Å². The van der Waals surface area contributed by atoms with Crippen LogP contribution >= 0.6 is 11.6 Å². The summed E-state index contributed by atoms with van der Waals surface area (Å²) >= 11 is 5.81. The van der Waals surface area contributed by atoms with Crippen LogP contribution in [-0.4, -0.2) is 49.9 Å². The predicted molar refractivity (Wildman–Crippen MR) is 129 cm³/mol. The molecule has 7 nitrogen and oxygen atoms in total. The van der Waals surface area contributed by atoms with Gasteiger partial charge in [0.1, 0.15) is 11.6 Å². The van der Waals surface area contributed by atoms with E-state index in [1.807, 2.05) is 6.07 Å². The minimum atomic E-state index is -1.10. The molecule has 0 aromatic heterocycles. The Kier molecular flexibility index (Phi) is 9.53. The topological polar surface area (TPSA) is 88.1 Å². The van der Waals surface area contributed by atoms with Gasteiger partial charge in [0.05, 0.1) is 24.4 Å². The van der Waals surface area contributed by atoms with Crippen molar-refractivity contribution in [2.24, 2.45) is 0 Å². The van der Waals surface area contributed by atoms with E-state index in [0.29, 0.717) is 30.6 Å². The van der Waals surface area contributed by atoms with Crippen LogP contribution in [0, 0.1) is 5.82 Å². The monoisotopic (exact) mass is 492 g/mol. The molecule has 0 atom stereocenters. The number of amides is 1. The van der Waals surface area contributed by atoms with Crippen molar-refractivity contribution in [3.8, 4) is 5.75 Å². The molecule has 0 unspecified atom stereocenters.